The van der Waals surface area contributed by atoms with Gasteiger partial charge in [-0.2, -0.15) is 4.31 Å². The van der Waals surface area contributed by atoms with Gasteiger partial charge in [-0.1, -0.05) is 12.1 Å². The number of amides is 1. The van der Waals surface area contributed by atoms with E-state index in [1.165, 1.54) is 28.6 Å². The summed E-state index contributed by atoms with van der Waals surface area (Å²) in [6.07, 6.45) is 0.583. The molecular formula is C23H25FN2O7S. The quantitative estimate of drug-likeness (QED) is 0.588. The predicted octanol–water partition coefficient (Wildman–Crippen LogP) is 1.86. The van der Waals surface area contributed by atoms with E-state index in [1.54, 1.807) is 18.2 Å². The van der Waals surface area contributed by atoms with Gasteiger partial charge < -0.3 is 19.5 Å². The number of carbonyl (C=O) groups is 2. The van der Waals surface area contributed by atoms with Crippen molar-refractivity contribution >= 4 is 21.9 Å². The van der Waals surface area contributed by atoms with Crippen molar-refractivity contribution in [2.75, 3.05) is 32.9 Å². The zero-order valence-corrected chi connectivity index (χ0v) is 19.2. The van der Waals surface area contributed by atoms with E-state index < -0.39 is 34.4 Å². The van der Waals surface area contributed by atoms with Crippen LogP contribution in [-0.4, -0.2) is 57.5 Å². The molecule has 1 N–H and O–H groups in total. The molecule has 0 unspecified atom stereocenters. The average molecular weight is 493 g/mol. The van der Waals surface area contributed by atoms with Crippen LogP contribution < -0.4 is 14.8 Å². The fourth-order valence-electron chi connectivity index (χ4n) is 3.77. The molecular weight excluding hydrogens is 467 g/mol. The molecule has 2 aliphatic rings. The van der Waals surface area contributed by atoms with Gasteiger partial charge in [0.25, 0.3) is 5.91 Å². The summed E-state index contributed by atoms with van der Waals surface area (Å²) in [5, 5.41) is 2.60. The standard InChI is InChI=1S/C23H25FN2O7S/c24-18-3-1-16(2-4-18)14-25-22(27)15-33-23(28)17-7-9-26(10-8-17)34(29,30)19-5-6-20-21(13-19)32-12-11-31-20/h1-6,13,17H,7-12,14-15H2,(H,25,27). The maximum atomic E-state index is 13.0. The van der Waals surface area contributed by atoms with E-state index in [2.05, 4.69) is 5.32 Å². The number of benzene rings is 2. The number of halogens is 1. The van der Waals surface area contributed by atoms with Gasteiger partial charge in [-0.25, -0.2) is 12.8 Å². The van der Waals surface area contributed by atoms with Crippen LogP contribution in [0.4, 0.5) is 4.39 Å². The van der Waals surface area contributed by atoms with Gasteiger partial charge in [0.15, 0.2) is 18.1 Å². The number of fused-ring (bicyclic) bond motifs is 1. The van der Waals surface area contributed by atoms with E-state index in [0.29, 0.717) is 43.1 Å². The van der Waals surface area contributed by atoms with E-state index in [1.807, 2.05) is 0 Å². The highest BCUT2D eigenvalue weighted by Crippen LogP contribution is 2.34. The molecule has 1 fully saturated rings. The summed E-state index contributed by atoms with van der Waals surface area (Å²) in [6, 6.07) is 10.2. The van der Waals surface area contributed by atoms with Gasteiger partial charge in [-0.3, -0.25) is 9.59 Å². The number of esters is 1. The normalized spacial score (nSPS) is 16.6. The Hall–Kier alpha value is -3.18. The van der Waals surface area contributed by atoms with Crippen molar-refractivity contribution in [3.05, 3.63) is 53.8 Å². The van der Waals surface area contributed by atoms with Crippen LogP contribution in [0.1, 0.15) is 18.4 Å². The second-order valence-electron chi connectivity index (χ2n) is 7.99. The van der Waals surface area contributed by atoms with Crippen molar-refractivity contribution in [1.29, 1.82) is 0 Å². The lowest BCUT2D eigenvalue weighted by molar-refractivity contribution is -0.153. The molecule has 34 heavy (non-hydrogen) atoms. The van der Waals surface area contributed by atoms with Crippen molar-refractivity contribution in [1.82, 2.24) is 9.62 Å². The number of hydrogen-bond acceptors (Lipinski definition) is 7. The van der Waals surface area contributed by atoms with Crippen LogP contribution in [-0.2, 0) is 30.9 Å². The van der Waals surface area contributed by atoms with Crippen molar-refractivity contribution in [3.8, 4) is 11.5 Å². The van der Waals surface area contributed by atoms with Crippen molar-refractivity contribution < 1.29 is 36.6 Å². The molecule has 0 radical (unpaired) electrons. The minimum atomic E-state index is -3.75. The summed E-state index contributed by atoms with van der Waals surface area (Å²) in [6.45, 7) is 0.843. The molecule has 4 rings (SSSR count). The molecule has 0 saturated carbocycles. The third kappa shape index (κ3) is 5.65. The lowest BCUT2D eigenvalue weighted by Crippen LogP contribution is -2.41. The smallest absolute Gasteiger partial charge is 0.309 e. The van der Waals surface area contributed by atoms with E-state index >= 15 is 0 Å². The van der Waals surface area contributed by atoms with Crippen LogP contribution in [0.2, 0.25) is 0 Å². The molecule has 182 valence electrons. The number of sulfonamides is 1. The maximum Gasteiger partial charge on any atom is 0.309 e. The molecule has 2 aliphatic heterocycles. The largest absolute Gasteiger partial charge is 0.486 e. The summed E-state index contributed by atoms with van der Waals surface area (Å²) in [5.41, 5.74) is 0.715. The predicted molar refractivity (Wildman–Crippen MR) is 118 cm³/mol. The Balaban J connectivity index is 1.24. The Bertz CT molecular complexity index is 1150. The van der Waals surface area contributed by atoms with Crippen LogP contribution in [0.15, 0.2) is 47.4 Å². The van der Waals surface area contributed by atoms with E-state index in [-0.39, 0.29) is 30.3 Å². The zero-order chi connectivity index (χ0) is 24.1. The molecule has 0 spiro atoms. The summed E-state index contributed by atoms with van der Waals surface area (Å²) < 4.78 is 56.3. The molecule has 2 aromatic carbocycles. The molecule has 2 heterocycles. The van der Waals surface area contributed by atoms with E-state index in [4.69, 9.17) is 14.2 Å². The van der Waals surface area contributed by atoms with Crippen LogP contribution in [0.25, 0.3) is 0 Å². The molecule has 11 heteroatoms. The fraction of sp³-hybridized carbons (Fsp3) is 0.391. The second-order valence-corrected chi connectivity index (χ2v) is 9.93. The van der Waals surface area contributed by atoms with Crippen LogP contribution in [0.5, 0.6) is 11.5 Å². The van der Waals surface area contributed by atoms with Crippen LogP contribution in [0.3, 0.4) is 0 Å². The molecule has 1 amide bonds. The minimum absolute atomic E-state index is 0.107. The maximum absolute atomic E-state index is 13.0. The summed E-state index contributed by atoms with van der Waals surface area (Å²) >= 11 is 0. The second kappa shape index (κ2) is 10.4. The van der Waals surface area contributed by atoms with Gasteiger partial charge in [-0.15, -0.1) is 0 Å². The highest BCUT2D eigenvalue weighted by Gasteiger charge is 2.33. The number of hydrogen-bond donors (Lipinski definition) is 1. The number of piperidine rings is 1. The summed E-state index contributed by atoms with van der Waals surface area (Å²) in [5.74, 6) is -0.966. The van der Waals surface area contributed by atoms with Gasteiger partial charge in [0, 0.05) is 25.7 Å². The fourth-order valence-corrected chi connectivity index (χ4v) is 5.26. The number of nitrogens with zero attached hydrogens (tertiary/aromatic N) is 1. The Labute approximate surface area is 196 Å². The first kappa shape index (κ1) is 24.0. The van der Waals surface area contributed by atoms with Gasteiger partial charge in [-0.05, 0) is 42.7 Å². The van der Waals surface area contributed by atoms with Crippen LogP contribution in [0, 0.1) is 11.7 Å². The third-order valence-corrected chi connectivity index (χ3v) is 7.58. The van der Waals surface area contributed by atoms with E-state index in [9.17, 15) is 22.4 Å². The lowest BCUT2D eigenvalue weighted by atomic mass is 9.98. The molecule has 2 aromatic rings. The van der Waals surface area contributed by atoms with Crippen molar-refractivity contribution in [2.24, 2.45) is 5.92 Å². The van der Waals surface area contributed by atoms with E-state index in [0.717, 1.165) is 0 Å². The van der Waals surface area contributed by atoms with Gasteiger partial charge in [0.2, 0.25) is 10.0 Å². The Kier molecular flexibility index (Phi) is 7.32. The number of carbonyl (C=O) groups excluding carboxylic acids is 2. The minimum Gasteiger partial charge on any atom is -0.486 e. The first-order chi connectivity index (χ1) is 16.3. The van der Waals surface area contributed by atoms with Gasteiger partial charge in [0.1, 0.15) is 19.0 Å². The molecule has 0 bridgehead atoms. The van der Waals surface area contributed by atoms with Gasteiger partial charge >= 0.3 is 5.97 Å². The molecule has 0 atom stereocenters. The summed E-state index contributed by atoms with van der Waals surface area (Å²) in [7, 11) is -3.75. The lowest BCUT2D eigenvalue weighted by Gasteiger charge is -2.30. The van der Waals surface area contributed by atoms with Crippen molar-refractivity contribution in [3.63, 3.8) is 0 Å². The molecule has 9 nitrogen and oxygen atoms in total. The molecule has 0 aromatic heterocycles. The highest BCUT2D eigenvalue weighted by atomic mass is 32.2. The molecule has 1 saturated heterocycles. The number of rotatable bonds is 7. The molecule has 0 aliphatic carbocycles. The topological polar surface area (TPSA) is 111 Å². The van der Waals surface area contributed by atoms with Crippen LogP contribution >= 0.6 is 0 Å². The number of ether oxygens (including phenoxy) is 3. The SMILES string of the molecule is O=C(COC(=O)C1CCN(S(=O)(=O)c2ccc3c(c2)OCCO3)CC1)NCc1ccc(F)cc1. The highest BCUT2D eigenvalue weighted by molar-refractivity contribution is 7.89. The Morgan fingerprint density at radius 1 is 1.03 bits per heavy atom. The third-order valence-electron chi connectivity index (χ3n) is 5.69. The van der Waals surface area contributed by atoms with Gasteiger partial charge in [0.05, 0.1) is 10.8 Å². The monoisotopic (exact) mass is 492 g/mol. The first-order valence-electron chi connectivity index (χ1n) is 10.9. The Morgan fingerprint density at radius 2 is 1.71 bits per heavy atom. The number of nitrogens with one attached hydrogen (secondary N) is 1. The summed E-state index contributed by atoms with van der Waals surface area (Å²) in [4.78, 5) is 24.4. The Morgan fingerprint density at radius 3 is 2.41 bits per heavy atom. The van der Waals surface area contributed by atoms with Crippen molar-refractivity contribution in [2.45, 2.75) is 24.3 Å². The zero-order valence-electron chi connectivity index (χ0n) is 18.4. The first-order valence-corrected chi connectivity index (χ1v) is 12.3. The average Bonchev–Trinajstić information content (AvgIpc) is 2.86.